The zero-order valence-corrected chi connectivity index (χ0v) is 20.3. The molecule has 2 amide bonds. The number of nitrogens with zero attached hydrogens (tertiary/aromatic N) is 4. The average Bonchev–Trinajstić information content (AvgIpc) is 3.57. The molecular weight excluding hydrogens is 463 g/mol. The van der Waals surface area contributed by atoms with Crippen molar-refractivity contribution in [3.05, 3.63) is 78.1 Å². The highest BCUT2D eigenvalue weighted by Gasteiger charge is 2.40. The van der Waals surface area contributed by atoms with Gasteiger partial charge in [0.05, 0.1) is 37.3 Å². The molecule has 8 nitrogen and oxygen atoms in total. The van der Waals surface area contributed by atoms with E-state index in [0.717, 1.165) is 16.7 Å². The molecule has 0 unspecified atom stereocenters. The number of likely N-dealkylation sites (tertiary alicyclic amines) is 1. The Morgan fingerprint density at radius 2 is 1.94 bits per heavy atom. The molecule has 3 heterocycles. The Bertz CT molecular complexity index is 1240. The molecule has 2 saturated heterocycles. The van der Waals surface area contributed by atoms with Crippen LogP contribution in [0.5, 0.6) is 0 Å². The lowest BCUT2D eigenvalue weighted by Crippen LogP contribution is -2.56. The zero-order chi connectivity index (χ0) is 25.2. The van der Waals surface area contributed by atoms with Crippen molar-refractivity contribution in [2.24, 2.45) is 0 Å². The van der Waals surface area contributed by atoms with Gasteiger partial charge in [-0.25, -0.2) is 14.2 Å². The van der Waals surface area contributed by atoms with Crippen molar-refractivity contribution < 1.29 is 23.5 Å². The Morgan fingerprint density at radius 3 is 2.67 bits per heavy atom. The Hall–Kier alpha value is -3.72. The molecule has 5 rings (SSSR count). The number of amides is 2. The standard InChI is InChI=1S/C27H29FN4O4/c1-18(21-5-3-4-6-22(21)19-7-9-20(28)10-8-19)32-17-29-15-24(32)26(33)30-12-11-23(25(16-30)35-2)31-13-14-36-27(31)34/h3-10,15,17-18,23,25H,11-14,16H2,1-2H3/t18-,23-,25-/m0/s1. The fraction of sp³-hybridized carbons (Fsp3) is 0.370. The number of hydrogen-bond acceptors (Lipinski definition) is 5. The smallest absolute Gasteiger partial charge is 0.410 e. The monoisotopic (exact) mass is 492 g/mol. The first kappa shape index (κ1) is 24.0. The molecule has 0 saturated carbocycles. The molecule has 188 valence electrons. The minimum absolute atomic E-state index is 0.125. The quantitative estimate of drug-likeness (QED) is 0.520. The number of ether oxygens (including phenoxy) is 2. The third-order valence-corrected chi connectivity index (χ3v) is 7.18. The summed E-state index contributed by atoms with van der Waals surface area (Å²) >= 11 is 0. The molecule has 3 atom stereocenters. The van der Waals surface area contributed by atoms with Crippen LogP contribution in [0.15, 0.2) is 61.1 Å². The number of piperidine rings is 1. The van der Waals surface area contributed by atoms with Crippen molar-refractivity contribution in [3.8, 4) is 11.1 Å². The van der Waals surface area contributed by atoms with Crippen molar-refractivity contribution >= 4 is 12.0 Å². The van der Waals surface area contributed by atoms with Gasteiger partial charge in [-0.05, 0) is 42.2 Å². The van der Waals surface area contributed by atoms with E-state index in [4.69, 9.17) is 9.47 Å². The summed E-state index contributed by atoms with van der Waals surface area (Å²) < 4.78 is 26.2. The van der Waals surface area contributed by atoms with Crippen LogP contribution in [0, 0.1) is 5.82 Å². The number of imidazole rings is 1. The summed E-state index contributed by atoms with van der Waals surface area (Å²) in [6.45, 7) is 3.80. The van der Waals surface area contributed by atoms with Crippen molar-refractivity contribution in [3.63, 3.8) is 0 Å². The van der Waals surface area contributed by atoms with Gasteiger partial charge >= 0.3 is 6.09 Å². The van der Waals surface area contributed by atoms with Gasteiger partial charge in [-0.3, -0.25) is 9.69 Å². The van der Waals surface area contributed by atoms with Crippen molar-refractivity contribution in [1.29, 1.82) is 0 Å². The van der Waals surface area contributed by atoms with Crippen molar-refractivity contribution in [1.82, 2.24) is 19.4 Å². The van der Waals surface area contributed by atoms with Crippen molar-refractivity contribution in [2.75, 3.05) is 33.4 Å². The number of methoxy groups -OCH3 is 1. The molecular formula is C27H29FN4O4. The van der Waals surface area contributed by atoms with E-state index in [1.165, 1.54) is 12.1 Å². The topological polar surface area (TPSA) is 76.9 Å². The van der Waals surface area contributed by atoms with Gasteiger partial charge in [0, 0.05) is 20.2 Å². The first-order valence-electron chi connectivity index (χ1n) is 12.1. The predicted octanol–water partition coefficient (Wildman–Crippen LogP) is 3.98. The van der Waals surface area contributed by atoms with Crippen LogP contribution in [0.3, 0.4) is 0 Å². The van der Waals surface area contributed by atoms with E-state index in [0.29, 0.717) is 38.4 Å². The van der Waals surface area contributed by atoms with Crippen molar-refractivity contribution in [2.45, 2.75) is 31.5 Å². The van der Waals surface area contributed by atoms with Crippen LogP contribution in [0.4, 0.5) is 9.18 Å². The van der Waals surface area contributed by atoms with E-state index in [-0.39, 0.29) is 36.0 Å². The van der Waals surface area contributed by atoms with Crippen LogP contribution in [0.2, 0.25) is 0 Å². The van der Waals surface area contributed by atoms with Crippen LogP contribution in [-0.4, -0.2) is 76.8 Å². The summed E-state index contributed by atoms with van der Waals surface area (Å²) in [6.07, 6.45) is 3.23. The molecule has 2 aliphatic rings. The second-order valence-electron chi connectivity index (χ2n) is 9.15. The zero-order valence-electron chi connectivity index (χ0n) is 20.3. The van der Waals surface area contributed by atoms with Gasteiger partial charge in [-0.2, -0.15) is 0 Å². The second-order valence-corrected chi connectivity index (χ2v) is 9.15. The Balaban J connectivity index is 1.38. The largest absolute Gasteiger partial charge is 0.448 e. The van der Waals surface area contributed by atoms with Crippen LogP contribution in [-0.2, 0) is 9.47 Å². The van der Waals surface area contributed by atoms with E-state index < -0.39 is 0 Å². The number of aromatic nitrogens is 2. The van der Waals surface area contributed by atoms with Crippen LogP contribution >= 0.6 is 0 Å². The molecule has 0 bridgehead atoms. The van der Waals surface area contributed by atoms with E-state index in [1.54, 1.807) is 41.6 Å². The molecule has 0 N–H and O–H groups in total. The van der Waals surface area contributed by atoms with Gasteiger partial charge in [-0.1, -0.05) is 36.4 Å². The number of hydrogen-bond donors (Lipinski definition) is 0. The lowest BCUT2D eigenvalue weighted by atomic mass is 9.95. The normalized spacial score (nSPS) is 20.9. The summed E-state index contributed by atoms with van der Waals surface area (Å²) in [6, 6.07) is 14.0. The molecule has 0 radical (unpaired) electrons. The fourth-order valence-electron chi connectivity index (χ4n) is 5.23. The number of carbonyl (C=O) groups excluding carboxylic acids is 2. The summed E-state index contributed by atoms with van der Waals surface area (Å²) in [5, 5.41) is 0. The number of carbonyl (C=O) groups is 2. The second kappa shape index (κ2) is 10.1. The molecule has 0 aliphatic carbocycles. The third-order valence-electron chi connectivity index (χ3n) is 7.18. The van der Waals surface area contributed by atoms with Crippen LogP contribution in [0.1, 0.15) is 35.4 Å². The van der Waals surface area contributed by atoms with Crippen LogP contribution < -0.4 is 0 Å². The van der Waals surface area contributed by atoms with Gasteiger partial charge in [0.1, 0.15) is 18.1 Å². The molecule has 1 aromatic heterocycles. The lowest BCUT2D eigenvalue weighted by molar-refractivity contribution is -0.0183. The Morgan fingerprint density at radius 1 is 1.17 bits per heavy atom. The molecule has 2 aromatic carbocycles. The highest BCUT2D eigenvalue weighted by Crippen LogP contribution is 2.32. The highest BCUT2D eigenvalue weighted by molar-refractivity contribution is 5.92. The number of rotatable bonds is 6. The minimum Gasteiger partial charge on any atom is -0.448 e. The first-order valence-corrected chi connectivity index (χ1v) is 12.1. The average molecular weight is 493 g/mol. The highest BCUT2D eigenvalue weighted by atomic mass is 19.1. The molecule has 2 aliphatic heterocycles. The van der Waals surface area contributed by atoms with Gasteiger partial charge in [0.25, 0.3) is 5.91 Å². The summed E-state index contributed by atoms with van der Waals surface area (Å²) in [5.41, 5.74) is 3.34. The van der Waals surface area contributed by atoms with E-state index in [9.17, 15) is 14.0 Å². The SMILES string of the molecule is CO[C@H]1CN(C(=O)c2cncn2[C@@H](C)c2ccccc2-c2ccc(F)cc2)CC[C@@H]1N1CCOC1=O. The minimum atomic E-state index is -0.325. The predicted molar refractivity (Wildman–Crippen MR) is 131 cm³/mol. The summed E-state index contributed by atoms with van der Waals surface area (Å²) in [5.74, 6) is -0.422. The van der Waals surface area contributed by atoms with Gasteiger partial charge in [-0.15, -0.1) is 0 Å². The first-order chi connectivity index (χ1) is 17.5. The summed E-state index contributed by atoms with van der Waals surface area (Å²) in [4.78, 5) is 33.5. The molecule has 2 fully saturated rings. The Kier molecular flexibility index (Phi) is 6.73. The number of benzene rings is 2. The fourth-order valence-corrected chi connectivity index (χ4v) is 5.23. The van der Waals surface area contributed by atoms with E-state index in [2.05, 4.69) is 4.98 Å². The maximum Gasteiger partial charge on any atom is 0.410 e. The van der Waals surface area contributed by atoms with Gasteiger partial charge in [0.15, 0.2) is 0 Å². The Labute approximate surface area is 209 Å². The van der Waals surface area contributed by atoms with Crippen LogP contribution in [0.25, 0.3) is 11.1 Å². The summed E-state index contributed by atoms with van der Waals surface area (Å²) in [7, 11) is 1.60. The number of halogens is 1. The maximum atomic E-state index is 13.6. The molecule has 36 heavy (non-hydrogen) atoms. The lowest BCUT2D eigenvalue weighted by Gasteiger charge is -2.40. The number of cyclic esters (lactones) is 1. The van der Waals surface area contributed by atoms with Gasteiger partial charge in [0.2, 0.25) is 0 Å². The maximum absolute atomic E-state index is 13.6. The molecule has 0 spiro atoms. The third kappa shape index (κ3) is 4.46. The molecule has 3 aromatic rings. The van der Waals surface area contributed by atoms with Gasteiger partial charge < -0.3 is 18.9 Å². The van der Waals surface area contributed by atoms with E-state index in [1.807, 2.05) is 35.8 Å². The van der Waals surface area contributed by atoms with E-state index >= 15 is 0 Å². The molecule has 9 heteroatoms.